The average Bonchev–Trinajstić information content (AvgIpc) is 1.56. The number of nitrogens with two attached hydrogens (primary N) is 1. The van der Waals surface area contributed by atoms with Crippen molar-refractivity contribution >= 4 is 0 Å². The van der Waals surface area contributed by atoms with E-state index in [4.69, 9.17) is 5.73 Å². The van der Waals surface area contributed by atoms with Crippen LogP contribution in [0, 0.1) is 0 Å². The summed E-state index contributed by atoms with van der Waals surface area (Å²) in [6, 6.07) is 0.767. The largest absolute Gasteiger partial charge is 0.324 e. The molecule has 1 saturated carbocycles. The topological polar surface area (TPSA) is 38.0 Å². The van der Waals surface area contributed by atoms with Crippen LogP contribution in [0.5, 0.6) is 0 Å². The van der Waals surface area contributed by atoms with E-state index in [9.17, 15) is 0 Å². The van der Waals surface area contributed by atoms with E-state index in [1.165, 1.54) is 19.3 Å². The summed E-state index contributed by atoms with van der Waals surface area (Å²) in [6.07, 6.45) is 4.08. The Morgan fingerprint density at radius 2 is 2.10 bits per heavy atom. The smallest absolute Gasteiger partial charge is 0.0223 e. The summed E-state index contributed by atoms with van der Waals surface area (Å²) < 4.78 is 0. The van der Waals surface area contributed by atoms with Crippen LogP contribution in [0.3, 0.4) is 0 Å². The van der Waals surface area contributed by atoms with Gasteiger partial charge in [0.1, 0.15) is 0 Å². The zero-order chi connectivity index (χ0) is 7.61. The molecule has 0 bridgehead atoms. The monoisotopic (exact) mass is 142 g/mol. The van der Waals surface area contributed by atoms with Gasteiger partial charge in [0, 0.05) is 18.1 Å². The Morgan fingerprint density at radius 3 is 2.40 bits per heavy atom. The molecule has 1 aliphatic rings. The van der Waals surface area contributed by atoms with Crippen molar-refractivity contribution < 1.29 is 0 Å². The second-order valence-corrected chi connectivity index (χ2v) is 4.00. The van der Waals surface area contributed by atoms with Crippen molar-refractivity contribution in [3.8, 4) is 0 Å². The molecule has 0 aromatic carbocycles. The minimum atomic E-state index is -0.0460. The highest BCUT2D eigenvalue weighted by atomic mass is 15.0. The first-order chi connectivity index (χ1) is 4.58. The molecule has 60 valence electrons. The van der Waals surface area contributed by atoms with Crippen molar-refractivity contribution in [1.82, 2.24) is 5.32 Å². The van der Waals surface area contributed by atoms with Gasteiger partial charge < -0.3 is 11.1 Å². The lowest BCUT2D eigenvalue weighted by molar-refractivity contribution is 0.312. The number of nitrogens with one attached hydrogen (secondary N) is 1. The van der Waals surface area contributed by atoms with Crippen molar-refractivity contribution in [2.75, 3.05) is 6.54 Å². The van der Waals surface area contributed by atoms with Crippen LogP contribution in [-0.4, -0.2) is 18.1 Å². The molecule has 0 aromatic heterocycles. The maximum Gasteiger partial charge on any atom is 0.0223 e. The van der Waals surface area contributed by atoms with E-state index in [1.54, 1.807) is 0 Å². The summed E-state index contributed by atoms with van der Waals surface area (Å²) in [6.45, 7) is 5.05. The van der Waals surface area contributed by atoms with Crippen LogP contribution in [0.15, 0.2) is 0 Å². The maximum atomic E-state index is 5.80. The van der Waals surface area contributed by atoms with Gasteiger partial charge in [0.2, 0.25) is 0 Å². The maximum absolute atomic E-state index is 5.80. The molecule has 3 N–H and O–H groups in total. The first-order valence-corrected chi connectivity index (χ1v) is 4.10. The third-order valence-corrected chi connectivity index (χ3v) is 1.95. The molecule has 0 saturated heterocycles. The second kappa shape index (κ2) is 2.89. The fourth-order valence-electron chi connectivity index (χ4n) is 1.02. The number of rotatable bonds is 3. The molecule has 1 fully saturated rings. The summed E-state index contributed by atoms with van der Waals surface area (Å²) >= 11 is 0. The highest BCUT2D eigenvalue weighted by molar-refractivity contribution is 4.82. The summed E-state index contributed by atoms with van der Waals surface area (Å²) in [5, 5.41) is 3.43. The minimum absolute atomic E-state index is 0.0460. The Balaban J connectivity index is 2.04. The van der Waals surface area contributed by atoms with Gasteiger partial charge in [-0.25, -0.2) is 0 Å². The molecule has 1 rings (SSSR count). The highest BCUT2D eigenvalue weighted by Gasteiger charge is 2.19. The third-order valence-electron chi connectivity index (χ3n) is 1.95. The van der Waals surface area contributed by atoms with Crippen LogP contribution in [0.2, 0.25) is 0 Å². The average molecular weight is 142 g/mol. The Morgan fingerprint density at radius 1 is 1.50 bits per heavy atom. The molecule has 0 amide bonds. The standard InChI is InChI=1S/C8H18N2/c1-8(2,9)6-10-7-4-3-5-7/h7,10H,3-6,9H2,1-2H3. The van der Waals surface area contributed by atoms with E-state index in [1.807, 2.05) is 0 Å². The Labute approximate surface area is 63.2 Å². The van der Waals surface area contributed by atoms with Crippen LogP contribution >= 0.6 is 0 Å². The predicted octanol–water partition coefficient (Wildman–Crippen LogP) is 0.866. The molecule has 0 atom stereocenters. The van der Waals surface area contributed by atoms with Gasteiger partial charge >= 0.3 is 0 Å². The van der Waals surface area contributed by atoms with Crippen LogP contribution in [0.1, 0.15) is 33.1 Å². The minimum Gasteiger partial charge on any atom is -0.324 e. The SMILES string of the molecule is CC(C)(N)CNC1CCC1. The Bertz CT molecular complexity index is 100. The van der Waals surface area contributed by atoms with E-state index in [2.05, 4.69) is 19.2 Å². The van der Waals surface area contributed by atoms with Gasteiger partial charge in [0.25, 0.3) is 0 Å². The predicted molar refractivity (Wildman–Crippen MR) is 43.9 cm³/mol. The number of hydrogen-bond donors (Lipinski definition) is 2. The summed E-state index contributed by atoms with van der Waals surface area (Å²) in [5.74, 6) is 0. The van der Waals surface area contributed by atoms with Crippen LogP contribution < -0.4 is 11.1 Å². The third kappa shape index (κ3) is 2.67. The van der Waals surface area contributed by atoms with Gasteiger partial charge in [0.05, 0.1) is 0 Å². The Hall–Kier alpha value is -0.0800. The fourth-order valence-corrected chi connectivity index (χ4v) is 1.02. The van der Waals surface area contributed by atoms with Gasteiger partial charge in [-0.15, -0.1) is 0 Å². The van der Waals surface area contributed by atoms with Crippen LogP contribution in [0.25, 0.3) is 0 Å². The van der Waals surface area contributed by atoms with E-state index in [0.29, 0.717) is 0 Å². The van der Waals surface area contributed by atoms with Crippen molar-refractivity contribution in [2.45, 2.75) is 44.7 Å². The quantitative estimate of drug-likeness (QED) is 0.613. The summed E-state index contributed by atoms with van der Waals surface area (Å²) in [4.78, 5) is 0. The van der Waals surface area contributed by atoms with E-state index >= 15 is 0 Å². The molecule has 2 heteroatoms. The number of hydrogen-bond acceptors (Lipinski definition) is 2. The Kier molecular flexibility index (Phi) is 2.32. The fraction of sp³-hybridized carbons (Fsp3) is 1.00. The molecular weight excluding hydrogens is 124 g/mol. The van der Waals surface area contributed by atoms with Gasteiger partial charge in [0.15, 0.2) is 0 Å². The molecule has 2 nitrogen and oxygen atoms in total. The van der Waals surface area contributed by atoms with E-state index in [-0.39, 0.29) is 5.54 Å². The first kappa shape index (κ1) is 8.02. The van der Waals surface area contributed by atoms with E-state index in [0.717, 1.165) is 12.6 Å². The second-order valence-electron chi connectivity index (χ2n) is 4.00. The highest BCUT2D eigenvalue weighted by Crippen LogP contribution is 2.18. The molecular formula is C8H18N2. The molecule has 10 heavy (non-hydrogen) atoms. The van der Waals surface area contributed by atoms with Crippen molar-refractivity contribution in [2.24, 2.45) is 5.73 Å². The molecule has 0 radical (unpaired) electrons. The lowest BCUT2D eigenvalue weighted by Crippen LogP contribution is -2.48. The summed E-state index contributed by atoms with van der Waals surface area (Å²) in [7, 11) is 0. The normalized spacial score (nSPS) is 20.7. The molecule has 0 aliphatic heterocycles. The molecule has 0 spiro atoms. The van der Waals surface area contributed by atoms with Crippen LogP contribution in [0.4, 0.5) is 0 Å². The van der Waals surface area contributed by atoms with Gasteiger partial charge in [-0.3, -0.25) is 0 Å². The van der Waals surface area contributed by atoms with Gasteiger partial charge in [-0.05, 0) is 26.7 Å². The van der Waals surface area contributed by atoms with Crippen LogP contribution in [-0.2, 0) is 0 Å². The van der Waals surface area contributed by atoms with Crippen molar-refractivity contribution in [1.29, 1.82) is 0 Å². The zero-order valence-electron chi connectivity index (χ0n) is 6.98. The zero-order valence-corrected chi connectivity index (χ0v) is 6.98. The van der Waals surface area contributed by atoms with Gasteiger partial charge in [-0.2, -0.15) is 0 Å². The lowest BCUT2D eigenvalue weighted by Gasteiger charge is -2.30. The summed E-state index contributed by atoms with van der Waals surface area (Å²) in [5.41, 5.74) is 5.75. The molecule has 1 aliphatic carbocycles. The molecule has 0 aromatic rings. The molecule has 0 unspecified atom stereocenters. The van der Waals surface area contributed by atoms with Crippen molar-refractivity contribution in [3.05, 3.63) is 0 Å². The lowest BCUT2D eigenvalue weighted by atomic mass is 9.92. The van der Waals surface area contributed by atoms with Crippen molar-refractivity contribution in [3.63, 3.8) is 0 Å². The van der Waals surface area contributed by atoms with E-state index < -0.39 is 0 Å². The molecule has 0 heterocycles. The van der Waals surface area contributed by atoms with Gasteiger partial charge in [-0.1, -0.05) is 6.42 Å². The first-order valence-electron chi connectivity index (χ1n) is 4.10.